The van der Waals surface area contributed by atoms with Crippen molar-refractivity contribution < 1.29 is 18.3 Å². The number of hydrogen-bond acceptors (Lipinski definition) is 3. The number of carbonyl (C=O) groups is 1. The van der Waals surface area contributed by atoms with Crippen molar-refractivity contribution in [2.75, 3.05) is 13.1 Å². The average Bonchev–Trinajstić information content (AvgIpc) is 2.38. The van der Waals surface area contributed by atoms with E-state index in [9.17, 15) is 13.2 Å². The first-order valence-corrected chi connectivity index (χ1v) is 7.76. The summed E-state index contributed by atoms with van der Waals surface area (Å²) >= 11 is 0. The van der Waals surface area contributed by atoms with Crippen molar-refractivity contribution >= 4 is 16.0 Å². The van der Waals surface area contributed by atoms with Crippen LogP contribution in [0, 0.1) is 6.92 Å². The van der Waals surface area contributed by atoms with Crippen molar-refractivity contribution in [2.45, 2.75) is 25.2 Å². The van der Waals surface area contributed by atoms with E-state index in [1.165, 1.54) is 22.5 Å². The van der Waals surface area contributed by atoms with Crippen molar-refractivity contribution in [3.8, 4) is 0 Å². The SMILES string of the molecule is CC1=CCCN(S(=O)(=O)c2cc(C(=O)O)ccc2C)C1. The van der Waals surface area contributed by atoms with Gasteiger partial charge in [0, 0.05) is 13.1 Å². The minimum Gasteiger partial charge on any atom is -0.478 e. The molecule has 0 saturated carbocycles. The summed E-state index contributed by atoms with van der Waals surface area (Å²) in [6.07, 6.45) is 2.70. The number of carboxylic acids is 1. The lowest BCUT2D eigenvalue weighted by molar-refractivity contribution is 0.0696. The van der Waals surface area contributed by atoms with Gasteiger partial charge in [0.15, 0.2) is 0 Å². The van der Waals surface area contributed by atoms with Gasteiger partial charge in [-0.1, -0.05) is 17.7 Å². The maximum absolute atomic E-state index is 12.6. The van der Waals surface area contributed by atoms with Crippen LogP contribution in [0.1, 0.15) is 29.3 Å². The van der Waals surface area contributed by atoms with Gasteiger partial charge in [-0.15, -0.1) is 0 Å². The van der Waals surface area contributed by atoms with E-state index in [0.717, 1.165) is 5.57 Å². The Balaban J connectivity index is 2.46. The summed E-state index contributed by atoms with van der Waals surface area (Å²) in [5.74, 6) is -1.13. The fraction of sp³-hybridized carbons (Fsp3) is 0.357. The molecule has 1 aromatic carbocycles. The van der Waals surface area contributed by atoms with Crippen LogP contribution in [0.5, 0.6) is 0 Å². The quantitative estimate of drug-likeness (QED) is 0.866. The van der Waals surface area contributed by atoms with Crippen LogP contribution in [-0.2, 0) is 10.0 Å². The number of hydrogen-bond donors (Lipinski definition) is 1. The van der Waals surface area contributed by atoms with Crippen LogP contribution in [0.25, 0.3) is 0 Å². The number of aryl methyl sites for hydroxylation is 1. The van der Waals surface area contributed by atoms with E-state index in [4.69, 9.17) is 5.11 Å². The lowest BCUT2D eigenvalue weighted by atomic mass is 10.1. The molecule has 0 unspecified atom stereocenters. The second-order valence-corrected chi connectivity index (χ2v) is 6.87. The van der Waals surface area contributed by atoms with E-state index < -0.39 is 16.0 Å². The van der Waals surface area contributed by atoms with Crippen molar-refractivity contribution in [3.63, 3.8) is 0 Å². The summed E-state index contributed by atoms with van der Waals surface area (Å²) in [5, 5.41) is 9.00. The topological polar surface area (TPSA) is 74.7 Å². The van der Waals surface area contributed by atoms with Crippen LogP contribution in [0.4, 0.5) is 0 Å². The van der Waals surface area contributed by atoms with Gasteiger partial charge in [0.25, 0.3) is 0 Å². The van der Waals surface area contributed by atoms with Crippen molar-refractivity contribution in [1.29, 1.82) is 0 Å². The second kappa shape index (κ2) is 5.38. The minimum atomic E-state index is -3.65. The summed E-state index contributed by atoms with van der Waals surface area (Å²) in [4.78, 5) is 11.1. The maximum atomic E-state index is 12.6. The molecule has 0 saturated heterocycles. The van der Waals surface area contributed by atoms with E-state index in [1.54, 1.807) is 6.92 Å². The third-order valence-electron chi connectivity index (χ3n) is 3.35. The molecule has 1 aliphatic heterocycles. The van der Waals surface area contributed by atoms with Gasteiger partial charge in [0.2, 0.25) is 10.0 Å². The lowest BCUT2D eigenvalue weighted by Crippen LogP contribution is -2.35. The largest absolute Gasteiger partial charge is 0.478 e. The smallest absolute Gasteiger partial charge is 0.335 e. The zero-order chi connectivity index (χ0) is 14.9. The third-order valence-corrected chi connectivity index (χ3v) is 5.34. The van der Waals surface area contributed by atoms with E-state index in [1.807, 2.05) is 13.0 Å². The molecule has 1 heterocycles. The van der Waals surface area contributed by atoms with Crippen molar-refractivity contribution in [3.05, 3.63) is 41.0 Å². The van der Waals surface area contributed by atoms with Gasteiger partial charge >= 0.3 is 5.97 Å². The minimum absolute atomic E-state index is 0.0153. The van der Waals surface area contributed by atoms with Gasteiger partial charge in [-0.2, -0.15) is 4.31 Å². The Labute approximate surface area is 118 Å². The summed E-state index contributed by atoms with van der Waals surface area (Å²) in [5.41, 5.74) is 1.55. The average molecular weight is 295 g/mol. The molecule has 0 fully saturated rings. The molecule has 0 amide bonds. The predicted molar refractivity (Wildman–Crippen MR) is 75.3 cm³/mol. The summed E-state index contributed by atoms with van der Waals surface area (Å²) in [6, 6.07) is 4.18. The van der Waals surface area contributed by atoms with Gasteiger partial charge in [-0.3, -0.25) is 0 Å². The molecular formula is C14H17NO4S. The van der Waals surface area contributed by atoms with Crippen LogP contribution < -0.4 is 0 Å². The number of carboxylic acid groups (broad SMARTS) is 1. The van der Waals surface area contributed by atoms with Gasteiger partial charge in [-0.05, 0) is 38.0 Å². The molecule has 0 radical (unpaired) electrons. The molecule has 0 bridgehead atoms. The molecule has 6 heteroatoms. The molecule has 5 nitrogen and oxygen atoms in total. The highest BCUT2D eigenvalue weighted by Gasteiger charge is 2.28. The Bertz CT molecular complexity index is 676. The van der Waals surface area contributed by atoms with Gasteiger partial charge in [0.1, 0.15) is 0 Å². The Hall–Kier alpha value is -1.66. The predicted octanol–water partition coefficient (Wildman–Crippen LogP) is 2.03. The first kappa shape index (κ1) is 14.7. The molecule has 108 valence electrons. The number of rotatable bonds is 3. The highest BCUT2D eigenvalue weighted by atomic mass is 32.2. The Morgan fingerprint density at radius 3 is 2.60 bits per heavy atom. The fourth-order valence-electron chi connectivity index (χ4n) is 2.23. The molecule has 0 aromatic heterocycles. The first-order valence-electron chi connectivity index (χ1n) is 6.32. The summed E-state index contributed by atoms with van der Waals surface area (Å²) in [6.45, 7) is 4.35. The fourth-order valence-corrected chi connectivity index (χ4v) is 3.98. The Morgan fingerprint density at radius 2 is 2.00 bits per heavy atom. The van der Waals surface area contributed by atoms with Crippen molar-refractivity contribution in [1.82, 2.24) is 4.31 Å². The second-order valence-electron chi connectivity index (χ2n) is 4.96. The van der Waals surface area contributed by atoms with Crippen LogP contribution in [0.15, 0.2) is 34.7 Å². The molecular weight excluding hydrogens is 278 g/mol. The Kier molecular flexibility index (Phi) is 3.96. The van der Waals surface area contributed by atoms with Crippen LogP contribution in [-0.4, -0.2) is 36.9 Å². The van der Waals surface area contributed by atoms with Gasteiger partial charge < -0.3 is 5.11 Å². The monoisotopic (exact) mass is 295 g/mol. The zero-order valence-electron chi connectivity index (χ0n) is 11.5. The number of nitrogens with zero attached hydrogens (tertiary/aromatic N) is 1. The van der Waals surface area contributed by atoms with Crippen LogP contribution in [0.2, 0.25) is 0 Å². The standard InChI is InChI=1S/C14H17NO4S/c1-10-4-3-7-15(9-10)20(18,19)13-8-12(14(16)17)6-5-11(13)2/h4-6,8H,3,7,9H2,1-2H3,(H,16,17). The highest BCUT2D eigenvalue weighted by Crippen LogP contribution is 2.24. The third kappa shape index (κ3) is 2.76. The molecule has 1 aromatic rings. The Morgan fingerprint density at radius 1 is 1.30 bits per heavy atom. The number of aromatic carboxylic acids is 1. The van der Waals surface area contributed by atoms with E-state index in [0.29, 0.717) is 25.1 Å². The van der Waals surface area contributed by atoms with E-state index >= 15 is 0 Å². The highest BCUT2D eigenvalue weighted by molar-refractivity contribution is 7.89. The molecule has 1 N–H and O–H groups in total. The molecule has 2 rings (SSSR count). The molecule has 0 spiro atoms. The molecule has 0 aliphatic carbocycles. The van der Waals surface area contributed by atoms with Crippen LogP contribution in [0.3, 0.4) is 0 Å². The summed E-state index contributed by atoms with van der Waals surface area (Å²) < 4.78 is 26.7. The van der Waals surface area contributed by atoms with Gasteiger partial charge in [0.05, 0.1) is 10.5 Å². The normalized spacial score (nSPS) is 16.8. The molecule has 1 aliphatic rings. The first-order chi connectivity index (χ1) is 9.32. The number of sulfonamides is 1. The molecule has 0 atom stereocenters. The van der Waals surface area contributed by atoms with E-state index in [2.05, 4.69) is 0 Å². The zero-order valence-corrected chi connectivity index (χ0v) is 12.3. The maximum Gasteiger partial charge on any atom is 0.335 e. The lowest BCUT2D eigenvalue weighted by Gasteiger charge is -2.26. The van der Waals surface area contributed by atoms with Crippen molar-refractivity contribution in [2.24, 2.45) is 0 Å². The van der Waals surface area contributed by atoms with Crippen LogP contribution >= 0.6 is 0 Å². The van der Waals surface area contributed by atoms with Gasteiger partial charge in [-0.25, -0.2) is 13.2 Å². The number of benzene rings is 1. The molecule has 20 heavy (non-hydrogen) atoms. The van der Waals surface area contributed by atoms with E-state index in [-0.39, 0.29) is 10.5 Å². The summed E-state index contributed by atoms with van der Waals surface area (Å²) in [7, 11) is -3.65.